The van der Waals surface area contributed by atoms with Crippen LogP contribution in [0.3, 0.4) is 0 Å². The molecule has 0 radical (unpaired) electrons. The zero-order valence-electron chi connectivity index (χ0n) is 16.7. The van der Waals surface area contributed by atoms with Crippen molar-refractivity contribution >= 4 is 17.5 Å². The van der Waals surface area contributed by atoms with E-state index in [9.17, 15) is 14.0 Å². The molecule has 1 aliphatic heterocycles. The quantitative estimate of drug-likeness (QED) is 0.748. The molecule has 31 heavy (non-hydrogen) atoms. The van der Waals surface area contributed by atoms with E-state index in [1.165, 1.54) is 29.4 Å². The summed E-state index contributed by atoms with van der Waals surface area (Å²) in [6.07, 6.45) is 8.37. The van der Waals surface area contributed by atoms with Gasteiger partial charge < -0.3 is 10.6 Å². The largest absolute Gasteiger partial charge is 0.368 e. The van der Waals surface area contributed by atoms with Crippen LogP contribution in [0.4, 0.5) is 4.39 Å². The topological polar surface area (TPSA) is 102 Å². The summed E-state index contributed by atoms with van der Waals surface area (Å²) in [7, 11) is 0. The molecule has 4 rings (SSSR count). The SMILES string of the molecule is NC(=O)CN(CCC1=CN=C2CC=C(F)C=C12)C(=O)c1nccnc1-c1ccccc1. The van der Waals surface area contributed by atoms with Crippen LogP contribution in [0.5, 0.6) is 0 Å². The molecule has 2 amide bonds. The summed E-state index contributed by atoms with van der Waals surface area (Å²) >= 11 is 0. The van der Waals surface area contributed by atoms with Gasteiger partial charge in [-0.1, -0.05) is 30.3 Å². The standard InChI is InChI=1S/C23H20FN5O2/c24-17-6-7-19-18(12-17)16(13-28-19)8-11-29(14-20(25)30)23(31)22-21(26-9-10-27-22)15-4-2-1-3-5-15/h1-6,9-10,12-13H,7-8,11,14H2,(H2,25,30). The fraction of sp³-hybridized carbons (Fsp3) is 0.174. The molecule has 2 aromatic rings. The lowest BCUT2D eigenvalue weighted by Gasteiger charge is -2.22. The predicted molar refractivity (Wildman–Crippen MR) is 115 cm³/mol. The van der Waals surface area contributed by atoms with Gasteiger partial charge in [-0.15, -0.1) is 0 Å². The van der Waals surface area contributed by atoms with Crippen molar-refractivity contribution in [2.45, 2.75) is 12.8 Å². The van der Waals surface area contributed by atoms with Crippen molar-refractivity contribution in [3.8, 4) is 11.3 Å². The highest BCUT2D eigenvalue weighted by Gasteiger charge is 2.26. The van der Waals surface area contributed by atoms with E-state index >= 15 is 0 Å². The van der Waals surface area contributed by atoms with Gasteiger partial charge >= 0.3 is 0 Å². The first-order valence-corrected chi connectivity index (χ1v) is 9.81. The number of fused-ring (bicyclic) bond motifs is 1. The number of primary amides is 1. The minimum Gasteiger partial charge on any atom is -0.368 e. The number of nitrogens with two attached hydrogens (primary N) is 1. The minimum atomic E-state index is -0.637. The van der Waals surface area contributed by atoms with Crippen LogP contribution in [-0.4, -0.2) is 45.5 Å². The zero-order valence-corrected chi connectivity index (χ0v) is 16.7. The average molecular weight is 417 g/mol. The number of hydrogen-bond donors (Lipinski definition) is 1. The van der Waals surface area contributed by atoms with Gasteiger partial charge in [0.15, 0.2) is 5.69 Å². The van der Waals surface area contributed by atoms with Gasteiger partial charge in [0.2, 0.25) is 5.91 Å². The fourth-order valence-corrected chi connectivity index (χ4v) is 3.56. The normalized spacial score (nSPS) is 14.7. The van der Waals surface area contributed by atoms with E-state index < -0.39 is 11.8 Å². The van der Waals surface area contributed by atoms with Crippen molar-refractivity contribution in [1.29, 1.82) is 0 Å². The Morgan fingerprint density at radius 1 is 1.13 bits per heavy atom. The fourth-order valence-electron chi connectivity index (χ4n) is 3.56. The summed E-state index contributed by atoms with van der Waals surface area (Å²) in [5.74, 6) is -1.39. The summed E-state index contributed by atoms with van der Waals surface area (Å²) in [6, 6.07) is 9.21. The number of nitrogens with zero attached hydrogens (tertiary/aromatic N) is 4. The van der Waals surface area contributed by atoms with E-state index in [2.05, 4.69) is 15.0 Å². The van der Waals surface area contributed by atoms with Gasteiger partial charge in [0.25, 0.3) is 5.91 Å². The summed E-state index contributed by atoms with van der Waals surface area (Å²) in [4.78, 5) is 39.2. The molecule has 0 fully saturated rings. The van der Waals surface area contributed by atoms with Crippen LogP contribution in [0.2, 0.25) is 0 Å². The van der Waals surface area contributed by atoms with Crippen LogP contribution in [0, 0.1) is 0 Å². The Kier molecular flexibility index (Phi) is 5.79. The molecule has 0 bridgehead atoms. The van der Waals surface area contributed by atoms with Gasteiger partial charge in [0.1, 0.15) is 11.5 Å². The van der Waals surface area contributed by atoms with E-state index in [0.29, 0.717) is 18.5 Å². The number of aliphatic imine (C=N–C) groups is 1. The number of halogens is 1. The highest BCUT2D eigenvalue weighted by atomic mass is 19.1. The molecule has 8 heteroatoms. The van der Waals surface area contributed by atoms with Crippen LogP contribution in [0.25, 0.3) is 11.3 Å². The lowest BCUT2D eigenvalue weighted by Crippen LogP contribution is -2.40. The van der Waals surface area contributed by atoms with Gasteiger partial charge in [0, 0.05) is 42.7 Å². The number of aromatic nitrogens is 2. The number of amides is 2. The Hall–Kier alpha value is -3.94. The monoisotopic (exact) mass is 417 g/mol. The summed E-state index contributed by atoms with van der Waals surface area (Å²) in [5, 5.41) is 0. The Bertz CT molecular complexity index is 1150. The molecule has 2 heterocycles. The predicted octanol–water partition coefficient (Wildman–Crippen LogP) is 2.98. The highest BCUT2D eigenvalue weighted by molar-refractivity contribution is 6.08. The molecule has 0 saturated heterocycles. The van der Waals surface area contributed by atoms with Gasteiger partial charge in [-0.25, -0.2) is 9.37 Å². The molecule has 0 spiro atoms. The Morgan fingerprint density at radius 3 is 2.68 bits per heavy atom. The second-order valence-electron chi connectivity index (χ2n) is 7.14. The molecule has 2 N–H and O–H groups in total. The average Bonchev–Trinajstić information content (AvgIpc) is 3.18. The van der Waals surface area contributed by atoms with Crippen molar-refractivity contribution in [3.05, 3.63) is 83.7 Å². The molecule has 1 aromatic heterocycles. The maximum atomic E-state index is 13.7. The molecule has 1 aliphatic carbocycles. The summed E-state index contributed by atoms with van der Waals surface area (Å²) in [5.41, 5.74) is 9.03. The third-order valence-electron chi connectivity index (χ3n) is 5.04. The number of allylic oxidation sites excluding steroid dienone is 4. The zero-order chi connectivity index (χ0) is 21.8. The highest BCUT2D eigenvalue weighted by Crippen LogP contribution is 2.29. The molecular formula is C23H20FN5O2. The lowest BCUT2D eigenvalue weighted by molar-refractivity contribution is -0.118. The molecule has 7 nitrogen and oxygen atoms in total. The molecule has 0 saturated carbocycles. The van der Waals surface area contributed by atoms with Crippen molar-refractivity contribution < 1.29 is 14.0 Å². The maximum Gasteiger partial charge on any atom is 0.275 e. The Labute approximate surface area is 178 Å². The van der Waals surface area contributed by atoms with Gasteiger partial charge in [-0.3, -0.25) is 19.6 Å². The van der Waals surface area contributed by atoms with Crippen molar-refractivity contribution in [1.82, 2.24) is 14.9 Å². The van der Waals surface area contributed by atoms with Gasteiger partial charge in [-0.05, 0) is 24.1 Å². The second-order valence-corrected chi connectivity index (χ2v) is 7.14. The van der Waals surface area contributed by atoms with E-state index in [-0.39, 0.29) is 24.6 Å². The molecule has 0 atom stereocenters. The van der Waals surface area contributed by atoms with Gasteiger partial charge in [-0.2, -0.15) is 0 Å². The van der Waals surface area contributed by atoms with Crippen LogP contribution in [-0.2, 0) is 4.79 Å². The Balaban J connectivity index is 1.56. The maximum absolute atomic E-state index is 13.7. The molecule has 1 aromatic carbocycles. The molecule has 156 valence electrons. The van der Waals surface area contributed by atoms with E-state index in [4.69, 9.17) is 5.73 Å². The first-order valence-electron chi connectivity index (χ1n) is 9.81. The first kappa shape index (κ1) is 20.3. The second kappa shape index (κ2) is 8.83. The number of carbonyl (C=O) groups excluding carboxylic acids is 2. The molecule has 2 aliphatic rings. The Morgan fingerprint density at radius 2 is 1.90 bits per heavy atom. The summed E-state index contributed by atoms with van der Waals surface area (Å²) < 4.78 is 13.7. The number of benzene rings is 1. The lowest BCUT2D eigenvalue weighted by atomic mass is 9.95. The van der Waals surface area contributed by atoms with E-state index in [1.807, 2.05) is 30.3 Å². The third kappa shape index (κ3) is 4.48. The first-order chi connectivity index (χ1) is 15.0. The van der Waals surface area contributed by atoms with Crippen LogP contribution in [0.1, 0.15) is 23.3 Å². The van der Waals surface area contributed by atoms with Crippen molar-refractivity contribution in [3.63, 3.8) is 0 Å². The van der Waals surface area contributed by atoms with Crippen LogP contribution >= 0.6 is 0 Å². The number of hydrogen-bond acceptors (Lipinski definition) is 5. The number of rotatable bonds is 7. The smallest absolute Gasteiger partial charge is 0.275 e. The van der Waals surface area contributed by atoms with Crippen LogP contribution < -0.4 is 5.73 Å². The van der Waals surface area contributed by atoms with Gasteiger partial charge in [0.05, 0.1) is 12.3 Å². The molecule has 0 unspecified atom stereocenters. The minimum absolute atomic E-state index is 0.137. The third-order valence-corrected chi connectivity index (χ3v) is 5.04. The number of carbonyl (C=O) groups is 2. The molecular weight excluding hydrogens is 397 g/mol. The van der Waals surface area contributed by atoms with Crippen molar-refractivity contribution in [2.75, 3.05) is 13.1 Å². The van der Waals surface area contributed by atoms with Crippen LogP contribution in [0.15, 0.2) is 83.0 Å². The van der Waals surface area contributed by atoms with E-state index in [0.717, 1.165) is 22.4 Å². The van der Waals surface area contributed by atoms with E-state index in [1.54, 1.807) is 6.20 Å². The summed E-state index contributed by atoms with van der Waals surface area (Å²) in [6.45, 7) is -0.0676. The van der Waals surface area contributed by atoms with Crippen molar-refractivity contribution in [2.24, 2.45) is 10.7 Å².